The molecule has 0 spiro atoms. The highest BCUT2D eigenvalue weighted by Gasteiger charge is 2.07. The molecule has 1 rings (SSSR count). The highest BCUT2D eigenvalue weighted by atomic mass is 16.5. The third kappa shape index (κ3) is 4.42. The van der Waals surface area contributed by atoms with Crippen LogP contribution in [-0.2, 0) is 4.74 Å². The molecule has 1 heterocycles. The fraction of sp³-hybridized carbons (Fsp3) is 0.462. The van der Waals surface area contributed by atoms with Crippen LogP contribution in [-0.4, -0.2) is 23.5 Å². The zero-order valence-electron chi connectivity index (χ0n) is 11.0. The lowest BCUT2D eigenvalue weighted by Gasteiger charge is -2.11. The van der Waals surface area contributed by atoms with Crippen molar-refractivity contribution in [2.75, 3.05) is 11.9 Å². The van der Waals surface area contributed by atoms with E-state index in [4.69, 9.17) is 10.00 Å². The largest absolute Gasteiger partial charge is 0.477 e. The van der Waals surface area contributed by atoms with Crippen LogP contribution in [0.1, 0.15) is 32.8 Å². The third-order valence-electron chi connectivity index (χ3n) is 2.03. The number of nitriles is 1. The Morgan fingerprint density at radius 1 is 1.56 bits per heavy atom. The van der Waals surface area contributed by atoms with E-state index in [2.05, 4.69) is 15.3 Å². The smallest absolute Gasteiger partial charge is 0.233 e. The molecule has 0 radical (unpaired) electrons. The van der Waals surface area contributed by atoms with Crippen LogP contribution in [0.5, 0.6) is 0 Å². The summed E-state index contributed by atoms with van der Waals surface area (Å²) < 4.78 is 5.44. The van der Waals surface area contributed by atoms with Gasteiger partial charge in [-0.3, -0.25) is 4.98 Å². The molecule has 0 aliphatic rings. The van der Waals surface area contributed by atoms with Gasteiger partial charge in [0.1, 0.15) is 0 Å². The first-order valence-corrected chi connectivity index (χ1v) is 5.99. The minimum Gasteiger partial charge on any atom is -0.477 e. The van der Waals surface area contributed by atoms with Gasteiger partial charge in [0.2, 0.25) is 12.1 Å². The van der Waals surface area contributed by atoms with E-state index in [0.717, 1.165) is 12.1 Å². The van der Waals surface area contributed by atoms with Crippen molar-refractivity contribution in [1.29, 1.82) is 5.26 Å². The Morgan fingerprint density at radius 3 is 2.94 bits per heavy atom. The average molecular weight is 246 g/mol. The van der Waals surface area contributed by atoms with E-state index >= 15 is 0 Å². The molecule has 0 unspecified atom stereocenters. The Bertz CT molecular complexity index is 449. The van der Waals surface area contributed by atoms with Crippen molar-refractivity contribution in [3.8, 4) is 6.19 Å². The summed E-state index contributed by atoms with van der Waals surface area (Å²) in [5.74, 6) is 0.319. The molecule has 0 atom stereocenters. The number of hydrogen-bond acceptors (Lipinski definition) is 5. The molecule has 0 amide bonds. The highest BCUT2D eigenvalue weighted by Crippen LogP contribution is 2.11. The fourth-order valence-corrected chi connectivity index (χ4v) is 1.39. The van der Waals surface area contributed by atoms with Gasteiger partial charge in [0.25, 0.3) is 0 Å². The monoisotopic (exact) mass is 246 g/mol. The van der Waals surface area contributed by atoms with Crippen LogP contribution in [0.3, 0.4) is 0 Å². The minimum atomic E-state index is 0.315. The van der Waals surface area contributed by atoms with Crippen molar-refractivity contribution in [3.63, 3.8) is 0 Å². The number of nitrogens with zero attached hydrogens (tertiary/aromatic N) is 3. The lowest BCUT2D eigenvalue weighted by atomic mass is 10.2. The summed E-state index contributed by atoms with van der Waals surface area (Å²) in [6, 6.07) is 2.19. The minimum absolute atomic E-state index is 0.315. The predicted molar refractivity (Wildman–Crippen MR) is 71.4 cm³/mol. The van der Waals surface area contributed by atoms with Crippen molar-refractivity contribution in [3.05, 3.63) is 24.0 Å². The van der Waals surface area contributed by atoms with E-state index in [1.807, 2.05) is 26.8 Å². The molecule has 0 saturated carbocycles. The summed E-state index contributed by atoms with van der Waals surface area (Å²) in [5, 5.41) is 11.9. The van der Waals surface area contributed by atoms with Crippen molar-refractivity contribution in [2.24, 2.45) is 4.99 Å². The Kier molecular flexibility index (Phi) is 5.65. The van der Waals surface area contributed by atoms with Crippen molar-refractivity contribution < 1.29 is 4.74 Å². The molecule has 1 aromatic rings. The normalized spacial score (nSPS) is 11.2. The van der Waals surface area contributed by atoms with E-state index in [-0.39, 0.29) is 0 Å². The maximum absolute atomic E-state index is 8.66. The maximum atomic E-state index is 8.66. The van der Waals surface area contributed by atoms with Crippen LogP contribution in [0.4, 0.5) is 5.69 Å². The molecule has 5 heteroatoms. The van der Waals surface area contributed by atoms with E-state index in [0.29, 0.717) is 24.1 Å². The molecule has 1 N–H and O–H groups in total. The lowest BCUT2D eigenvalue weighted by Crippen LogP contribution is -2.12. The number of aliphatic imine (C=N–C) groups is 1. The third-order valence-corrected chi connectivity index (χ3v) is 2.03. The number of hydrogen-bond donors (Lipinski definition) is 1. The van der Waals surface area contributed by atoms with Gasteiger partial charge in [-0.25, -0.2) is 0 Å². The summed E-state index contributed by atoms with van der Waals surface area (Å²) >= 11 is 0. The number of anilines is 1. The second kappa shape index (κ2) is 7.28. The van der Waals surface area contributed by atoms with E-state index in [9.17, 15) is 0 Å². The van der Waals surface area contributed by atoms with Crippen LogP contribution in [0.15, 0.2) is 23.5 Å². The van der Waals surface area contributed by atoms with E-state index in [1.165, 1.54) is 0 Å². The van der Waals surface area contributed by atoms with Gasteiger partial charge in [0, 0.05) is 18.4 Å². The van der Waals surface area contributed by atoms with Gasteiger partial charge < -0.3 is 10.1 Å². The second-order valence-corrected chi connectivity index (χ2v) is 4.13. The molecule has 0 fully saturated rings. The van der Waals surface area contributed by atoms with Crippen LogP contribution >= 0.6 is 0 Å². The van der Waals surface area contributed by atoms with Crippen LogP contribution in [0.25, 0.3) is 0 Å². The SMILES string of the molecule is CCCO/C(=N\C#N)c1cncc(NC(C)C)c1. The van der Waals surface area contributed by atoms with Gasteiger partial charge in [-0.2, -0.15) is 5.26 Å². The van der Waals surface area contributed by atoms with Gasteiger partial charge in [-0.05, 0) is 26.3 Å². The maximum Gasteiger partial charge on any atom is 0.233 e. The first kappa shape index (κ1) is 14.0. The summed E-state index contributed by atoms with van der Waals surface area (Å²) in [7, 11) is 0. The molecule has 0 aromatic carbocycles. The summed E-state index contributed by atoms with van der Waals surface area (Å²) in [6.45, 7) is 6.62. The molecular weight excluding hydrogens is 228 g/mol. The van der Waals surface area contributed by atoms with Gasteiger partial charge in [0.05, 0.1) is 17.9 Å². The first-order chi connectivity index (χ1) is 8.67. The highest BCUT2D eigenvalue weighted by molar-refractivity contribution is 5.95. The average Bonchev–Trinajstić information content (AvgIpc) is 2.34. The number of aromatic nitrogens is 1. The van der Waals surface area contributed by atoms with Crippen molar-refractivity contribution in [1.82, 2.24) is 4.98 Å². The number of nitrogens with one attached hydrogen (secondary N) is 1. The van der Waals surface area contributed by atoms with Crippen molar-refractivity contribution >= 4 is 11.6 Å². The summed E-state index contributed by atoms with van der Waals surface area (Å²) in [5.41, 5.74) is 1.59. The molecule has 0 bridgehead atoms. The topological polar surface area (TPSA) is 70.3 Å². The quantitative estimate of drug-likeness (QED) is 0.492. The van der Waals surface area contributed by atoms with Gasteiger partial charge >= 0.3 is 0 Å². The lowest BCUT2D eigenvalue weighted by molar-refractivity contribution is 0.306. The Morgan fingerprint density at radius 2 is 2.33 bits per heavy atom. The van der Waals surface area contributed by atoms with Crippen molar-refractivity contribution in [2.45, 2.75) is 33.2 Å². The fourth-order valence-electron chi connectivity index (χ4n) is 1.39. The Balaban J connectivity index is 2.92. The van der Waals surface area contributed by atoms with E-state index < -0.39 is 0 Å². The first-order valence-electron chi connectivity index (χ1n) is 5.99. The summed E-state index contributed by atoms with van der Waals surface area (Å²) in [6.07, 6.45) is 5.98. The van der Waals surface area contributed by atoms with Gasteiger partial charge in [-0.15, -0.1) is 4.99 Å². The van der Waals surface area contributed by atoms with Gasteiger partial charge in [-0.1, -0.05) is 6.92 Å². The van der Waals surface area contributed by atoms with Crippen LogP contribution in [0, 0.1) is 11.5 Å². The standard InChI is InChI=1S/C13H18N4O/c1-4-5-18-13(16-9-14)11-6-12(8-15-7-11)17-10(2)3/h6-8,10,17H,4-5H2,1-3H3/b16-13-. The van der Waals surface area contributed by atoms with E-state index in [1.54, 1.807) is 18.6 Å². The van der Waals surface area contributed by atoms with Crippen LogP contribution in [0.2, 0.25) is 0 Å². The molecule has 0 aliphatic carbocycles. The van der Waals surface area contributed by atoms with Gasteiger partial charge in [0.15, 0.2) is 0 Å². The predicted octanol–water partition coefficient (Wildman–Crippen LogP) is 2.56. The molecule has 18 heavy (non-hydrogen) atoms. The number of pyridine rings is 1. The molecule has 96 valence electrons. The zero-order chi connectivity index (χ0) is 13.4. The molecule has 0 aliphatic heterocycles. The zero-order valence-corrected chi connectivity index (χ0v) is 11.0. The second-order valence-electron chi connectivity index (χ2n) is 4.13. The molecular formula is C13H18N4O. The number of ether oxygens (including phenoxy) is 1. The molecule has 5 nitrogen and oxygen atoms in total. The molecule has 0 saturated heterocycles. The van der Waals surface area contributed by atoms with Crippen LogP contribution < -0.4 is 5.32 Å². The summed E-state index contributed by atoms with van der Waals surface area (Å²) in [4.78, 5) is 7.80. The number of rotatable bonds is 5. The molecule has 1 aromatic heterocycles. The Hall–Kier alpha value is -2.09. The Labute approximate surface area is 108 Å².